The third-order valence-corrected chi connectivity index (χ3v) is 7.15. The van der Waals surface area contributed by atoms with Gasteiger partial charge in [0.2, 0.25) is 11.1 Å². The van der Waals surface area contributed by atoms with E-state index in [-0.39, 0.29) is 11.2 Å². The molecule has 10 heteroatoms. The molecule has 3 rings (SSSR count). The molecule has 0 saturated heterocycles. The highest BCUT2D eigenvalue weighted by Crippen LogP contribution is 2.38. The standard InChI is InChI=1S/C27H34N4O5S/c1-8-23(26(32)31(9-2)10-3)37-27-28-24(17-11-13-19(33-4)21(15-17)35-6)25(29-30-27)18-12-14-20(34-5)22(16-18)36-7/h11-16,23H,8-10H2,1-7H3. The fraction of sp³-hybridized carbons (Fsp3) is 0.407. The predicted octanol–water partition coefficient (Wildman–Crippen LogP) is 4.98. The van der Waals surface area contributed by atoms with Crippen molar-refractivity contribution in [2.45, 2.75) is 37.6 Å². The van der Waals surface area contributed by atoms with Gasteiger partial charge in [0, 0.05) is 24.2 Å². The van der Waals surface area contributed by atoms with Gasteiger partial charge in [-0.1, -0.05) is 18.7 Å². The van der Waals surface area contributed by atoms with Crippen LogP contribution >= 0.6 is 11.8 Å². The number of amides is 1. The Bertz CT molecular complexity index is 1220. The first kappa shape index (κ1) is 28.0. The number of carbonyl (C=O) groups is 1. The van der Waals surface area contributed by atoms with E-state index in [0.717, 1.165) is 11.1 Å². The molecule has 1 amide bonds. The number of ether oxygens (including phenoxy) is 4. The van der Waals surface area contributed by atoms with E-state index in [1.807, 2.05) is 62.1 Å². The van der Waals surface area contributed by atoms with Crippen LogP contribution in [0.2, 0.25) is 0 Å². The molecule has 1 unspecified atom stereocenters. The summed E-state index contributed by atoms with van der Waals surface area (Å²) in [6.07, 6.45) is 0.645. The predicted molar refractivity (Wildman–Crippen MR) is 145 cm³/mol. The number of hydrogen-bond donors (Lipinski definition) is 0. The fourth-order valence-electron chi connectivity index (χ4n) is 3.90. The van der Waals surface area contributed by atoms with Crippen LogP contribution in [0, 0.1) is 0 Å². The SMILES string of the molecule is CCC(Sc1nnc(-c2ccc(OC)c(OC)c2)c(-c2ccc(OC)c(OC)c2)n1)C(=O)N(CC)CC. The lowest BCUT2D eigenvalue weighted by atomic mass is 10.0. The topological polar surface area (TPSA) is 95.9 Å². The van der Waals surface area contributed by atoms with Crippen molar-refractivity contribution in [2.24, 2.45) is 0 Å². The van der Waals surface area contributed by atoms with Crippen molar-refractivity contribution in [3.05, 3.63) is 36.4 Å². The molecule has 37 heavy (non-hydrogen) atoms. The number of thioether (sulfide) groups is 1. The highest BCUT2D eigenvalue weighted by molar-refractivity contribution is 8.00. The van der Waals surface area contributed by atoms with Gasteiger partial charge in [-0.15, -0.1) is 10.2 Å². The van der Waals surface area contributed by atoms with Crippen molar-refractivity contribution in [1.29, 1.82) is 0 Å². The molecule has 0 spiro atoms. The number of nitrogens with zero attached hydrogens (tertiary/aromatic N) is 4. The first-order chi connectivity index (χ1) is 17.9. The van der Waals surface area contributed by atoms with Crippen LogP contribution in [0.3, 0.4) is 0 Å². The van der Waals surface area contributed by atoms with Gasteiger partial charge in [0.05, 0.1) is 33.7 Å². The number of methoxy groups -OCH3 is 4. The van der Waals surface area contributed by atoms with E-state index in [0.29, 0.717) is 59.1 Å². The van der Waals surface area contributed by atoms with Crippen LogP contribution in [-0.4, -0.2) is 72.8 Å². The summed E-state index contributed by atoms with van der Waals surface area (Å²) in [5, 5.41) is 9.06. The zero-order valence-corrected chi connectivity index (χ0v) is 23.2. The van der Waals surface area contributed by atoms with Crippen molar-refractivity contribution in [2.75, 3.05) is 41.5 Å². The number of carbonyl (C=O) groups excluding carboxylic acids is 1. The normalized spacial score (nSPS) is 11.5. The summed E-state index contributed by atoms with van der Waals surface area (Å²) in [5.41, 5.74) is 2.67. The minimum absolute atomic E-state index is 0.0673. The molecule has 1 aromatic heterocycles. The summed E-state index contributed by atoms with van der Waals surface area (Å²) in [4.78, 5) is 19.7. The molecule has 0 radical (unpaired) electrons. The Balaban J connectivity index is 2.14. The minimum atomic E-state index is -0.313. The third kappa shape index (κ3) is 6.25. The zero-order valence-electron chi connectivity index (χ0n) is 22.4. The molecule has 9 nitrogen and oxygen atoms in total. The summed E-state index contributed by atoms with van der Waals surface area (Å²) < 4.78 is 21.8. The maximum atomic E-state index is 13.0. The second kappa shape index (κ2) is 13.1. The minimum Gasteiger partial charge on any atom is -0.493 e. The first-order valence-corrected chi connectivity index (χ1v) is 13.0. The average Bonchev–Trinajstić information content (AvgIpc) is 2.95. The lowest BCUT2D eigenvalue weighted by molar-refractivity contribution is -0.130. The summed E-state index contributed by atoms with van der Waals surface area (Å²) in [7, 11) is 6.34. The zero-order chi connectivity index (χ0) is 26.9. The smallest absolute Gasteiger partial charge is 0.236 e. The van der Waals surface area contributed by atoms with E-state index in [1.54, 1.807) is 28.4 Å². The van der Waals surface area contributed by atoms with Gasteiger partial charge in [0.25, 0.3) is 0 Å². The van der Waals surface area contributed by atoms with Crippen LogP contribution in [0.1, 0.15) is 27.2 Å². The van der Waals surface area contributed by atoms with E-state index in [4.69, 9.17) is 23.9 Å². The molecule has 0 saturated carbocycles. The van der Waals surface area contributed by atoms with Crippen molar-refractivity contribution in [1.82, 2.24) is 20.1 Å². The van der Waals surface area contributed by atoms with Crippen molar-refractivity contribution < 1.29 is 23.7 Å². The largest absolute Gasteiger partial charge is 0.493 e. The van der Waals surface area contributed by atoms with E-state index >= 15 is 0 Å². The molecule has 0 N–H and O–H groups in total. The molecule has 0 aliphatic carbocycles. The van der Waals surface area contributed by atoms with Gasteiger partial charge in [-0.05, 0) is 56.7 Å². The second-order valence-corrected chi connectivity index (χ2v) is 9.13. The van der Waals surface area contributed by atoms with Crippen molar-refractivity contribution >= 4 is 17.7 Å². The Morgan fingerprint density at radius 3 is 1.76 bits per heavy atom. The van der Waals surface area contributed by atoms with Crippen molar-refractivity contribution in [3.63, 3.8) is 0 Å². The van der Waals surface area contributed by atoms with Crippen LogP contribution in [-0.2, 0) is 4.79 Å². The Morgan fingerprint density at radius 2 is 1.30 bits per heavy atom. The number of rotatable bonds is 12. The van der Waals surface area contributed by atoms with Crippen LogP contribution < -0.4 is 18.9 Å². The van der Waals surface area contributed by atoms with Gasteiger partial charge in [0.15, 0.2) is 23.0 Å². The van der Waals surface area contributed by atoms with Gasteiger partial charge in [-0.25, -0.2) is 4.98 Å². The quantitative estimate of drug-likeness (QED) is 0.303. The molecule has 3 aromatic rings. The highest BCUT2D eigenvalue weighted by Gasteiger charge is 2.25. The molecular formula is C27H34N4O5S. The van der Waals surface area contributed by atoms with E-state index in [9.17, 15) is 4.79 Å². The molecule has 198 valence electrons. The number of hydrogen-bond acceptors (Lipinski definition) is 9. The molecule has 0 aliphatic heterocycles. The van der Waals surface area contributed by atoms with Gasteiger partial charge in [-0.2, -0.15) is 0 Å². The fourth-order valence-corrected chi connectivity index (χ4v) is 4.80. The Hall–Kier alpha value is -3.53. The summed E-state index contributed by atoms with van der Waals surface area (Å²) in [5.74, 6) is 2.40. The molecule has 0 aliphatic rings. The third-order valence-electron chi connectivity index (χ3n) is 5.95. The molecule has 1 heterocycles. The van der Waals surface area contributed by atoms with Gasteiger partial charge < -0.3 is 23.8 Å². The van der Waals surface area contributed by atoms with E-state index in [2.05, 4.69) is 10.2 Å². The maximum absolute atomic E-state index is 13.0. The Kier molecular flexibility index (Phi) is 9.96. The number of aromatic nitrogens is 3. The monoisotopic (exact) mass is 526 g/mol. The van der Waals surface area contributed by atoms with Gasteiger partial charge >= 0.3 is 0 Å². The lowest BCUT2D eigenvalue weighted by Gasteiger charge is -2.23. The van der Waals surface area contributed by atoms with Gasteiger partial charge in [0.1, 0.15) is 11.4 Å². The highest BCUT2D eigenvalue weighted by atomic mass is 32.2. The second-order valence-electron chi connectivity index (χ2n) is 7.96. The van der Waals surface area contributed by atoms with E-state index in [1.165, 1.54) is 11.8 Å². The van der Waals surface area contributed by atoms with Crippen LogP contribution in [0.4, 0.5) is 0 Å². The van der Waals surface area contributed by atoms with Crippen LogP contribution in [0.25, 0.3) is 22.5 Å². The molecule has 0 bridgehead atoms. The Morgan fingerprint density at radius 1 is 0.784 bits per heavy atom. The first-order valence-electron chi connectivity index (χ1n) is 12.1. The van der Waals surface area contributed by atoms with Gasteiger partial charge in [-0.3, -0.25) is 4.79 Å². The maximum Gasteiger partial charge on any atom is 0.236 e. The molecular weight excluding hydrogens is 492 g/mol. The summed E-state index contributed by atoms with van der Waals surface area (Å²) in [6.45, 7) is 7.24. The lowest BCUT2D eigenvalue weighted by Crippen LogP contribution is -2.37. The van der Waals surface area contributed by atoms with Crippen LogP contribution in [0.15, 0.2) is 41.6 Å². The summed E-state index contributed by atoms with van der Waals surface area (Å²) >= 11 is 1.32. The average molecular weight is 527 g/mol. The molecule has 0 fully saturated rings. The van der Waals surface area contributed by atoms with E-state index < -0.39 is 0 Å². The summed E-state index contributed by atoms with van der Waals surface area (Å²) in [6, 6.07) is 11.1. The Labute approximate surface area is 222 Å². The van der Waals surface area contributed by atoms with Crippen molar-refractivity contribution in [3.8, 4) is 45.5 Å². The molecule has 1 atom stereocenters. The molecule has 2 aromatic carbocycles. The number of benzene rings is 2. The van der Waals surface area contributed by atoms with Crippen LogP contribution in [0.5, 0.6) is 23.0 Å².